The quantitative estimate of drug-likeness (QED) is 0.565. The van der Waals surface area contributed by atoms with Crippen molar-refractivity contribution in [2.75, 3.05) is 6.54 Å². The number of piperidine rings is 1. The minimum Gasteiger partial charge on any atom is -0.444 e. The van der Waals surface area contributed by atoms with Crippen molar-refractivity contribution in [1.29, 1.82) is 0 Å². The average molecular weight is 380 g/mol. The van der Waals surface area contributed by atoms with Crippen molar-refractivity contribution in [2.45, 2.75) is 111 Å². The summed E-state index contributed by atoms with van der Waals surface area (Å²) in [5.74, 6) is 0.692. The lowest BCUT2D eigenvalue weighted by atomic mass is 9.58. The third-order valence-corrected chi connectivity index (χ3v) is 6.69. The number of likely N-dealkylation sites (tertiary alicyclic amines) is 1. The summed E-state index contributed by atoms with van der Waals surface area (Å²) >= 11 is 0. The monoisotopic (exact) mass is 379 g/mol. The molecular weight excluding hydrogens is 338 g/mol. The fourth-order valence-corrected chi connectivity index (χ4v) is 5.27. The Morgan fingerprint density at radius 2 is 1.74 bits per heavy atom. The summed E-state index contributed by atoms with van der Waals surface area (Å²) in [6.07, 6.45) is 11.0. The predicted molar refractivity (Wildman–Crippen MR) is 110 cm³/mol. The third-order valence-electron chi connectivity index (χ3n) is 6.69. The van der Waals surface area contributed by atoms with Crippen molar-refractivity contribution in [3.8, 4) is 0 Å². The number of carbonyl (C=O) groups excluding carboxylic acids is 2. The van der Waals surface area contributed by atoms with E-state index in [4.69, 9.17) is 4.74 Å². The second-order valence-corrected chi connectivity index (χ2v) is 10.9. The van der Waals surface area contributed by atoms with Crippen LogP contribution in [0.3, 0.4) is 0 Å². The fourth-order valence-electron chi connectivity index (χ4n) is 5.27. The minimum atomic E-state index is -0.477. The van der Waals surface area contributed by atoms with Gasteiger partial charge in [0.2, 0.25) is 0 Å². The fraction of sp³-hybridized carbons (Fsp3) is 0.913. The van der Waals surface area contributed by atoms with Crippen molar-refractivity contribution in [2.24, 2.45) is 16.7 Å². The van der Waals surface area contributed by atoms with E-state index in [1.165, 1.54) is 32.1 Å². The number of carbonyl (C=O) groups is 2. The molecule has 2 unspecified atom stereocenters. The molecule has 1 aliphatic heterocycles. The molecule has 2 atom stereocenters. The third kappa shape index (κ3) is 5.71. The molecular formula is C23H41NO3. The van der Waals surface area contributed by atoms with Crippen molar-refractivity contribution in [1.82, 2.24) is 4.90 Å². The van der Waals surface area contributed by atoms with Crippen LogP contribution < -0.4 is 0 Å². The minimum absolute atomic E-state index is 0.0155. The van der Waals surface area contributed by atoms with Gasteiger partial charge < -0.3 is 14.4 Å². The molecule has 4 nitrogen and oxygen atoms in total. The summed E-state index contributed by atoms with van der Waals surface area (Å²) < 4.78 is 5.73. The van der Waals surface area contributed by atoms with Gasteiger partial charge in [0.25, 0.3) is 0 Å². The first-order chi connectivity index (χ1) is 12.5. The molecule has 1 aliphatic carbocycles. The number of aldehydes is 1. The molecule has 1 saturated heterocycles. The maximum Gasteiger partial charge on any atom is 0.410 e. The number of nitrogens with zero attached hydrogens (tertiary/aromatic N) is 1. The molecule has 0 N–H and O–H groups in total. The molecule has 2 aliphatic rings. The molecule has 27 heavy (non-hydrogen) atoms. The van der Waals surface area contributed by atoms with Crippen LogP contribution in [0.5, 0.6) is 0 Å². The summed E-state index contributed by atoms with van der Waals surface area (Å²) in [7, 11) is 0. The SMILES string of the molecule is CC(C)(C)OC(=O)N1CCC(CCC=O)(C2CCCCC2)CC1C(C)(C)C. The van der Waals surface area contributed by atoms with E-state index in [-0.39, 0.29) is 23.0 Å². The molecule has 0 radical (unpaired) electrons. The molecule has 0 bridgehead atoms. The standard InChI is InChI=1S/C23H41NO3/c1-21(2,3)19-17-23(13-10-16-25,18-11-8-7-9-12-18)14-15-24(19)20(26)27-22(4,5)6/h16,18-19H,7-15,17H2,1-6H3. The van der Waals surface area contributed by atoms with Gasteiger partial charge in [-0.15, -0.1) is 0 Å². The van der Waals surface area contributed by atoms with Crippen LogP contribution in [0.4, 0.5) is 4.79 Å². The highest BCUT2D eigenvalue weighted by molar-refractivity contribution is 5.69. The van der Waals surface area contributed by atoms with Gasteiger partial charge in [0, 0.05) is 19.0 Å². The average Bonchev–Trinajstić information content (AvgIpc) is 2.58. The van der Waals surface area contributed by atoms with Gasteiger partial charge in [0.05, 0.1) is 0 Å². The van der Waals surface area contributed by atoms with E-state index in [0.717, 1.165) is 32.1 Å². The van der Waals surface area contributed by atoms with E-state index >= 15 is 0 Å². The molecule has 0 aromatic heterocycles. The molecule has 1 heterocycles. The number of hydrogen-bond donors (Lipinski definition) is 0. The van der Waals surface area contributed by atoms with Crippen LogP contribution >= 0.6 is 0 Å². The Balaban J connectivity index is 2.27. The first-order valence-corrected chi connectivity index (χ1v) is 10.9. The van der Waals surface area contributed by atoms with Crippen LogP contribution in [0.1, 0.15) is 99.3 Å². The highest BCUT2D eigenvalue weighted by atomic mass is 16.6. The van der Waals surface area contributed by atoms with Gasteiger partial charge in [-0.2, -0.15) is 0 Å². The first-order valence-electron chi connectivity index (χ1n) is 10.9. The Labute approximate surface area is 166 Å². The Kier molecular flexibility index (Phi) is 7.02. The molecule has 0 spiro atoms. The highest BCUT2D eigenvalue weighted by Crippen LogP contribution is 2.52. The lowest BCUT2D eigenvalue weighted by Gasteiger charge is -2.54. The van der Waals surface area contributed by atoms with Gasteiger partial charge in [-0.3, -0.25) is 0 Å². The van der Waals surface area contributed by atoms with Crippen LogP contribution in [0, 0.1) is 16.7 Å². The Morgan fingerprint density at radius 3 is 2.26 bits per heavy atom. The van der Waals surface area contributed by atoms with Crippen LogP contribution in [0.25, 0.3) is 0 Å². The van der Waals surface area contributed by atoms with E-state index in [9.17, 15) is 9.59 Å². The van der Waals surface area contributed by atoms with Crippen LogP contribution in [0.15, 0.2) is 0 Å². The zero-order valence-corrected chi connectivity index (χ0v) is 18.5. The summed E-state index contributed by atoms with van der Waals surface area (Å²) in [5.41, 5.74) is -0.300. The van der Waals surface area contributed by atoms with Gasteiger partial charge in [0.1, 0.15) is 11.9 Å². The van der Waals surface area contributed by atoms with Gasteiger partial charge in [-0.05, 0) is 69.6 Å². The van der Waals surface area contributed by atoms with E-state index in [1.54, 1.807) is 0 Å². The molecule has 1 amide bonds. The zero-order valence-electron chi connectivity index (χ0n) is 18.5. The van der Waals surface area contributed by atoms with Crippen molar-refractivity contribution >= 4 is 12.4 Å². The summed E-state index contributed by atoms with van der Waals surface area (Å²) in [6, 6.07) is 0.148. The molecule has 0 aromatic rings. The Hall–Kier alpha value is -1.06. The number of hydrogen-bond acceptors (Lipinski definition) is 3. The van der Waals surface area contributed by atoms with Gasteiger partial charge in [0.15, 0.2) is 0 Å². The van der Waals surface area contributed by atoms with Crippen molar-refractivity contribution in [3.63, 3.8) is 0 Å². The van der Waals surface area contributed by atoms with Crippen LogP contribution in [-0.4, -0.2) is 35.5 Å². The maximum atomic E-state index is 12.9. The van der Waals surface area contributed by atoms with Gasteiger partial charge >= 0.3 is 6.09 Å². The van der Waals surface area contributed by atoms with Crippen molar-refractivity contribution in [3.05, 3.63) is 0 Å². The topological polar surface area (TPSA) is 46.6 Å². The van der Waals surface area contributed by atoms with E-state index in [1.807, 2.05) is 25.7 Å². The second-order valence-electron chi connectivity index (χ2n) is 10.9. The number of amides is 1. The molecule has 2 rings (SSSR count). The van der Waals surface area contributed by atoms with E-state index in [0.29, 0.717) is 12.3 Å². The van der Waals surface area contributed by atoms with E-state index < -0.39 is 5.60 Å². The molecule has 0 aromatic carbocycles. The summed E-state index contributed by atoms with van der Waals surface area (Å²) in [6.45, 7) is 13.2. The number of rotatable bonds is 4. The van der Waals surface area contributed by atoms with Crippen molar-refractivity contribution < 1.29 is 14.3 Å². The Bertz CT molecular complexity index is 511. The molecule has 2 fully saturated rings. The lowest BCUT2D eigenvalue weighted by Crippen LogP contribution is -2.57. The zero-order chi connectivity index (χ0) is 20.3. The predicted octanol–water partition coefficient (Wildman–Crippen LogP) is 5.98. The van der Waals surface area contributed by atoms with Gasteiger partial charge in [-0.25, -0.2) is 4.79 Å². The van der Waals surface area contributed by atoms with Crippen LogP contribution in [0.2, 0.25) is 0 Å². The largest absolute Gasteiger partial charge is 0.444 e. The molecule has 156 valence electrons. The maximum absolute atomic E-state index is 12.9. The summed E-state index contributed by atoms with van der Waals surface area (Å²) in [5, 5.41) is 0. The lowest BCUT2D eigenvalue weighted by molar-refractivity contribution is -0.109. The molecule has 4 heteroatoms. The summed E-state index contributed by atoms with van der Waals surface area (Å²) in [4.78, 5) is 26.1. The number of ether oxygens (including phenoxy) is 1. The molecule has 1 saturated carbocycles. The Morgan fingerprint density at radius 1 is 1.11 bits per heavy atom. The second kappa shape index (κ2) is 8.53. The smallest absolute Gasteiger partial charge is 0.410 e. The first kappa shape index (κ1) is 22.2. The normalized spacial score (nSPS) is 28.1. The van der Waals surface area contributed by atoms with Gasteiger partial charge in [-0.1, -0.05) is 40.0 Å². The van der Waals surface area contributed by atoms with Crippen LogP contribution in [-0.2, 0) is 9.53 Å². The highest BCUT2D eigenvalue weighted by Gasteiger charge is 2.49. The van der Waals surface area contributed by atoms with E-state index in [2.05, 4.69) is 20.8 Å².